The lowest BCUT2D eigenvalue weighted by Gasteiger charge is -2.28. The quantitative estimate of drug-likeness (QED) is 0.754. The molecule has 0 heterocycles. The Labute approximate surface area is 138 Å². The number of carbonyl (C=O) groups is 1. The first-order valence-electron chi connectivity index (χ1n) is 8.46. The van der Waals surface area contributed by atoms with Crippen molar-refractivity contribution in [1.29, 1.82) is 0 Å². The Bertz CT molecular complexity index is 501. The van der Waals surface area contributed by atoms with Crippen LogP contribution in [0.2, 0.25) is 0 Å². The van der Waals surface area contributed by atoms with E-state index in [4.69, 9.17) is 4.74 Å². The van der Waals surface area contributed by atoms with Gasteiger partial charge in [0.1, 0.15) is 5.75 Å². The van der Waals surface area contributed by atoms with Gasteiger partial charge in [0.05, 0.1) is 13.2 Å². The van der Waals surface area contributed by atoms with Gasteiger partial charge in [-0.3, -0.25) is 0 Å². The highest BCUT2D eigenvalue weighted by atomic mass is 16.5. The average Bonchev–Trinajstić information content (AvgIpc) is 2.60. The van der Waals surface area contributed by atoms with Gasteiger partial charge in [-0.15, -0.1) is 0 Å². The van der Waals surface area contributed by atoms with Crippen molar-refractivity contribution < 1.29 is 14.6 Å². The number of hydrogen-bond donors (Lipinski definition) is 3. The molecule has 2 amide bonds. The molecule has 1 aromatic carbocycles. The Morgan fingerprint density at radius 1 is 1.35 bits per heavy atom. The number of aliphatic hydroxyl groups excluding tert-OH is 1. The van der Waals surface area contributed by atoms with Crippen LogP contribution in [-0.2, 0) is 0 Å². The van der Waals surface area contributed by atoms with Crippen molar-refractivity contribution in [3.8, 4) is 5.75 Å². The highest BCUT2D eigenvalue weighted by Crippen LogP contribution is 2.26. The van der Waals surface area contributed by atoms with Crippen molar-refractivity contribution in [2.75, 3.05) is 13.7 Å². The van der Waals surface area contributed by atoms with Crippen molar-refractivity contribution in [1.82, 2.24) is 10.6 Å². The molecular formula is C18H28N2O3. The number of amides is 2. The fourth-order valence-corrected chi connectivity index (χ4v) is 3.17. The molecule has 1 aliphatic rings. The third-order valence-corrected chi connectivity index (χ3v) is 4.65. The average molecular weight is 320 g/mol. The Hall–Kier alpha value is -1.75. The fourth-order valence-electron chi connectivity index (χ4n) is 3.17. The number of methoxy groups -OCH3 is 1. The van der Waals surface area contributed by atoms with Crippen molar-refractivity contribution >= 4 is 6.03 Å². The van der Waals surface area contributed by atoms with Crippen LogP contribution in [0, 0.1) is 5.92 Å². The minimum absolute atomic E-state index is 0.171. The van der Waals surface area contributed by atoms with Crippen molar-refractivity contribution in [3.63, 3.8) is 0 Å². The lowest BCUT2D eigenvalue weighted by atomic mass is 9.85. The smallest absolute Gasteiger partial charge is 0.315 e. The number of benzene rings is 1. The largest absolute Gasteiger partial charge is 0.497 e. The summed E-state index contributed by atoms with van der Waals surface area (Å²) < 4.78 is 5.14. The minimum atomic E-state index is -0.749. The summed E-state index contributed by atoms with van der Waals surface area (Å²) in [6.45, 7) is 2.24. The number of ether oxygens (including phenoxy) is 1. The SMILES string of the molecule is COc1cccc(C(O)CNC(=O)NC(C)C2CCCCC2)c1. The van der Waals surface area contributed by atoms with E-state index in [0.717, 1.165) is 5.56 Å². The van der Waals surface area contributed by atoms with Gasteiger partial charge in [-0.2, -0.15) is 0 Å². The molecule has 2 unspecified atom stereocenters. The van der Waals surface area contributed by atoms with Gasteiger partial charge >= 0.3 is 6.03 Å². The standard InChI is InChI=1S/C18H28N2O3/c1-13(14-7-4-3-5-8-14)20-18(22)19-12-17(21)15-9-6-10-16(11-15)23-2/h6,9-11,13-14,17,21H,3-5,7-8,12H2,1-2H3,(H2,19,20,22). The summed E-state index contributed by atoms with van der Waals surface area (Å²) in [5, 5.41) is 15.9. The molecular weight excluding hydrogens is 292 g/mol. The van der Waals surface area contributed by atoms with Gasteiger partial charge in [-0.05, 0) is 43.4 Å². The van der Waals surface area contributed by atoms with E-state index >= 15 is 0 Å². The van der Waals surface area contributed by atoms with Gasteiger partial charge in [0.25, 0.3) is 0 Å². The van der Waals surface area contributed by atoms with E-state index in [1.807, 2.05) is 18.2 Å². The Morgan fingerprint density at radius 2 is 2.09 bits per heavy atom. The molecule has 0 radical (unpaired) electrons. The van der Waals surface area contributed by atoms with E-state index in [2.05, 4.69) is 17.6 Å². The topological polar surface area (TPSA) is 70.6 Å². The minimum Gasteiger partial charge on any atom is -0.497 e. The molecule has 3 N–H and O–H groups in total. The Morgan fingerprint density at radius 3 is 2.78 bits per heavy atom. The van der Waals surface area contributed by atoms with Gasteiger partial charge in [0, 0.05) is 12.6 Å². The van der Waals surface area contributed by atoms with E-state index in [-0.39, 0.29) is 18.6 Å². The maximum absolute atomic E-state index is 12.0. The number of aliphatic hydroxyl groups is 1. The van der Waals surface area contributed by atoms with Crippen LogP contribution in [0.3, 0.4) is 0 Å². The zero-order chi connectivity index (χ0) is 16.7. The van der Waals surface area contributed by atoms with Gasteiger partial charge < -0.3 is 20.5 Å². The molecule has 2 rings (SSSR count). The molecule has 0 aliphatic heterocycles. The fraction of sp³-hybridized carbons (Fsp3) is 0.611. The van der Waals surface area contributed by atoms with Crippen LogP contribution in [0.15, 0.2) is 24.3 Å². The van der Waals surface area contributed by atoms with Crippen molar-refractivity contribution in [2.45, 2.75) is 51.2 Å². The zero-order valence-electron chi connectivity index (χ0n) is 14.0. The summed E-state index contributed by atoms with van der Waals surface area (Å²) >= 11 is 0. The Kier molecular flexibility index (Phi) is 6.71. The predicted molar refractivity (Wildman–Crippen MR) is 90.5 cm³/mol. The third-order valence-electron chi connectivity index (χ3n) is 4.65. The first kappa shape index (κ1) is 17.6. The lowest BCUT2D eigenvalue weighted by molar-refractivity contribution is 0.171. The second-order valence-electron chi connectivity index (χ2n) is 6.33. The first-order valence-corrected chi connectivity index (χ1v) is 8.46. The normalized spacial score (nSPS) is 18.0. The number of carbonyl (C=O) groups excluding carboxylic acids is 1. The molecule has 0 aromatic heterocycles. The molecule has 0 saturated heterocycles. The van der Waals surface area contributed by atoms with Crippen molar-refractivity contribution in [3.05, 3.63) is 29.8 Å². The van der Waals surface area contributed by atoms with Crippen LogP contribution in [0.5, 0.6) is 5.75 Å². The van der Waals surface area contributed by atoms with E-state index in [1.54, 1.807) is 13.2 Å². The molecule has 1 aliphatic carbocycles. The van der Waals surface area contributed by atoms with Crippen molar-refractivity contribution in [2.24, 2.45) is 5.92 Å². The lowest BCUT2D eigenvalue weighted by Crippen LogP contribution is -2.45. The number of rotatable bonds is 6. The van der Waals surface area contributed by atoms with Gasteiger partial charge in [0.2, 0.25) is 0 Å². The van der Waals surface area contributed by atoms with E-state index in [9.17, 15) is 9.90 Å². The zero-order valence-corrected chi connectivity index (χ0v) is 14.0. The van der Waals surface area contributed by atoms with E-state index in [0.29, 0.717) is 11.7 Å². The molecule has 1 aromatic rings. The highest BCUT2D eigenvalue weighted by molar-refractivity contribution is 5.74. The van der Waals surface area contributed by atoms with Crippen LogP contribution in [0.4, 0.5) is 4.79 Å². The second kappa shape index (κ2) is 8.77. The molecule has 5 heteroatoms. The van der Waals surface area contributed by atoms with Crippen LogP contribution in [0.1, 0.15) is 50.7 Å². The molecule has 0 spiro atoms. The van der Waals surface area contributed by atoms with E-state index < -0.39 is 6.10 Å². The van der Waals surface area contributed by atoms with Crippen LogP contribution >= 0.6 is 0 Å². The molecule has 2 atom stereocenters. The Balaban J connectivity index is 1.76. The summed E-state index contributed by atoms with van der Waals surface area (Å²) in [5.41, 5.74) is 0.727. The van der Waals surface area contributed by atoms with Gasteiger partial charge in [-0.25, -0.2) is 4.79 Å². The molecule has 1 saturated carbocycles. The highest BCUT2D eigenvalue weighted by Gasteiger charge is 2.21. The summed E-state index contributed by atoms with van der Waals surface area (Å²) in [4.78, 5) is 12.0. The van der Waals surface area contributed by atoms with Crippen LogP contribution < -0.4 is 15.4 Å². The molecule has 0 bridgehead atoms. The maximum atomic E-state index is 12.0. The first-order chi connectivity index (χ1) is 11.1. The summed E-state index contributed by atoms with van der Waals surface area (Å²) in [7, 11) is 1.59. The molecule has 128 valence electrons. The number of urea groups is 1. The van der Waals surface area contributed by atoms with Crippen LogP contribution in [0.25, 0.3) is 0 Å². The molecule has 23 heavy (non-hydrogen) atoms. The number of nitrogens with one attached hydrogen (secondary N) is 2. The van der Waals surface area contributed by atoms with Gasteiger partial charge in [0.15, 0.2) is 0 Å². The van der Waals surface area contributed by atoms with Gasteiger partial charge in [-0.1, -0.05) is 31.4 Å². The summed E-state index contributed by atoms with van der Waals surface area (Å²) in [6.07, 6.45) is 5.45. The molecule has 1 fully saturated rings. The maximum Gasteiger partial charge on any atom is 0.315 e. The second-order valence-corrected chi connectivity index (χ2v) is 6.33. The number of hydrogen-bond acceptors (Lipinski definition) is 3. The summed E-state index contributed by atoms with van der Waals surface area (Å²) in [6, 6.07) is 7.19. The summed E-state index contributed by atoms with van der Waals surface area (Å²) in [5.74, 6) is 1.26. The van der Waals surface area contributed by atoms with Crippen LogP contribution in [-0.4, -0.2) is 30.8 Å². The monoisotopic (exact) mass is 320 g/mol. The molecule has 5 nitrogen and oxygen atoms in total. The van der Waals surface area contributed by atoms with E-state index in [1.165, 1.54) is 32.1 Å². The third kappa shape index (κ3) is 5.43. The predicted octanol–water partition coefficient (Wildman–Crippen LogP) is 3.00.